The van der Waals surface area contributed by atoms with Crippen LogP contribution in [0.2, 0.25) is 0 Å². The molecule has 0 aliphatic rings. The van der Waals surface area contributed by atoms with Crippen molar-refractivity contribution in [3.05, 3.63) is 0 Å². The molecule has 0 aliphatic carbocycles. The molecule has 3 heteroatoms. The maximum Gasteiger partial charge on any atom is 1.00 e. The van der Waals surface area contributed by atoms with Crippen LogP contribution in [0.25, 0.3) is 0 Å². The molecule has 0 spiro atoms. The van der Waals surface area contributed by atoms with E-state index < -0.39 is 0 Å². The van der Waals surface area contributed by atoms with Crippen LogP contribution in [0.4, 0.5) is 0 Å². The zero-order valence-corrected chi connectivity index (χ0v) is 15.4. The molecule has 0 heterocycles. The summed E-state index contributed by atoms with van der Waals surface area (Å²) in [6.45, 7) is 13.7. The molecule has 0 fully saturated rings. The number of rotatable bonds is 6. The normalized spacial score (nSPS) is 9.60. The largest absolute Gasteiger partial charge is 1.00 e. The van der Waals surface area contributed by atoms with Gasteiger partial charge in [0.1, 0.15) is 0 Å². The Balaban J connectivity index is -0.000000180. The van der Waals surface area contributed by atoms with E-state index in [2.05, 4.69) is 41.5 Å². The fraction of sp³-hybridized carbons (Fsp3) is 1.00. The quantitative estimate of drug-likeness (QED) is 0.406. The molecule has 0 aromatic carbocycles. The van der Waals surface area contributed by atoms with Crippen LogP contribution in [0.1, 0.15) is 41.5 Å². The van der Waals surface area contributed by atoms with Crippen molar-refractivity contribution in [2.24, 2.45) is 0 Å². The molecule has 0 radical (unpaired) electrons. The first kappa shape index (κ1) is 21.8. The van der Waals surface area contributed by atoms with Crippen LogP contribution in [-0.2, 0) is 22.4 Å². The first-order chi connectivity index (χ1) is 6.69. The standard InChI is InChI=1S/2C6H15P.Au/c2*1-4-7(5-2)6-3;/h2*4-6H2,1-3H3;/q;;+1. The van der Waals surface area contributed by atoms with E-state index >= 15 is 0 Å². The molecular weight excluding hydrogens is 403 g/mol. The molecule has 0 saturated heterocycles. The summed E-state index contributed by atoms with van der Waals surface area (Å²) in [7, 11) is 0.892. The maximum atomic E-state index is 2.29. The Labute approximate surface area is 116 Å². The summed E-state index contributed by atoms with van der Waals surface area (Å²) in [6, 6.07) is 0. The molecule has 0 atom stereocenters. The van der Waals surface area contributed by atoms with Crippen molar-refractivity contribution >= 4 is 15.8 Å². The van der Waals surface area contributed by atoms with Crippen molar-refractivity contribution in [2.45, 2.75) is 41.5 Å². The van der Waals surface area contributed by atoms with Crippen molar-refractivity contribution in [1.29, 1.82) is 0 Å². The molecule has 98 valence electrons. The van der Waals surface area contributed by atoms with Crippen LogP contribution in [0, 0.1) is 0 Å². The van der Waals surface area contributed by atoms with Crippen LogP contribution in [0.5, 0.6) is 0 Å². The summed E-state index contributed by atoms with van der Waals surface area (Å²) in [5, 5.41) is 0. The van der Waals surface area contributed by atoms with E-state index in [-0.39, 0.29) is 22.4 Å². The van der Waals surface area contributed by atoms with Crippen LogP contribution in [0.15, 0.2) is 0 Å². The summed E-state index contributed by atoms with van der Waals surface area (Å²) in [4.78, 5) is 0. The molecule has 0 aromatic rings. The van der Waals surface area contributed by atoms with Crippen LogP contribution < -0.4 is 0 Å². The zero-order chi connectivity index (χ0) is 11.4. The molecule has 15 heavy (non-hydrogen) atoms. The van der Waals surface area contributed by atoms with Gasteiger partial charge in [-0.3, -0.25) is 0 Å². The van der Waals surface area contributed by atoms with E-state index in [0.717, 1.165) is 0 Å². The van der Waals surface area contributed by atoms with E-state index in [0.29, 0.717) is 15.8 Å². The van der Waals surface area contributed by atoms with Gasteiger partial charge in [0.15, 0.2) is 0 Å². The summed E-state index contributed by atoms with van der Waals surface area (Å²) < 4.78 is 0. The average molecular weight is 433 g/mol. The minimum Gasteiger partial charge on any atom is -0.108 e. The Hall–Kier alpha value is 1.60. The van der Waals surface area contributed by atoms with Gasteiger partial charge in [-0.25, -0.2) is 0 Å². The van der Waals surface area contributed by atoms with Crippen LogP contribution >= 0.6 is 15.8 Å². The monoisotopic (exact) mass is 433 g/mol. The van der Waals surface area contributed by atoms with Gasteiger partial charge in [0.05, 0.1) is 0 Å². The van der Waals surface area contributed by atoms with Gasteiger partial charge in [-0.05, 0) is 37.0 Å². The van der Waals surface area contributed by atoms with Gasteiger partial charge in [-0.2, -0.15) is 0 Å². The van der Waals surface area contributed by atoms with Crippen molar-refractivity contribution < 1.29 is 22.4 Å². The van der Waals surface area contributed by atoms with Crippen LogP contribution in [-0.4, -0.2) is 37.0 Å². The Bertz CT molecular complexity index is 68.6. The second-order valence-corrected chi connectivity index (χ2v) is 9.72. The van der Waals surface area contributed by atoms with E-state index in [1.807, 2.05) is 0 Å². The Kier molecular flexibility index (Phi) is 26.2. The predicted octanol–water partition coefficient (Wildman–Crippen LogP) is 5.05. The van der Waals surface area contributed by atoms with Gasteiger partial charge in [-0.1, -0.05) is 41.5 Å². The molecule has 0 saturated carbocycles. The topological polar surface area (TPSA) is 0 Å². The molecule has 0 amide bonds. The number of hydrogen-bond acceptors (Lipinski definition) is 0. The van der Waals surface area contributed by atoms with E-state index in [1.54, 1.807) is 0 Å². The second-order valence-electron chi connectivity index (χ2n) is 3.24. The third-order valence-electron chi connectivity index (χ3n) is 2.68. The van der Waals surface area contributed by atoms with E-state index in [1.165, 1.54) is 37.0 Å². The Morgan fingerprint density at radius 3 is 0.600 bits per heavy atom. The first-order valence-corrected chi connectivity index (χ1v) is 9.93. The van der Waals surface area contributed by atoms with Gasteiger partial charge in [0.2, 0.25) is 0 Å². The van der Waals surface area contributed by atoms with Crippen molar-refractivity contribution in [3.63, 3.8) is 0 Å². The van der Waals surface area contributed by atoms with E-state index in [9.17, 15) is 0 Å². The number of hydrogen-bond donors (Lipinski definition) is 0. The van der Waals surface area contributed by atoms with Gasteiger partial charge < -0.3 is 0 Å². The zero-order valence-electron chi connectivity index (χ0n) is 11.4. The van der Waals surface area contributed by atoms with E-state index in [4.69, 9.17) is 0 Å². The molecule has 0 aliphatic heterocycles. The third-order valence-corrected chi connectivity index (χ3v) is 8.05. The molecule has 0 unspecified atom stereocenters. The van der Waals surface area contributed by atoms with Gasteiger partial charge in [0.25, 0.3) is 0 Å². The Morgan fingerprint density at radius 1 is 0.467 bits per heavy atom. The SMILES string of the molecule is CCP(CC)CC.CCP(CC)CC.[Au+]. The second kappa shape index (κ2) is 18.0. The minimum absolute atomic E-state index is 0. The maximum absolute atomic E-state index is 2.29. The summed E-state index contributed by atoms with van der Waals surface area (Å²) in [5.41, 5.74) is 0. The minimum atomic E-state index is 0. The molecule has 0 rings (SSSR count). The van der Waals surface area contributed by atoms with Crippen molar-refractivity contribution in [2.75, 3.05) is 37.0 Å². The van der Waals surface area contributed by atoms with Crippen molar-refractivity contribution in [3.8, 4) is 0 Å². The smallest absolute Gasteiger partial charge is 0.108 e. The Morgan fingerprint density at radius 2 is 0.600 bits per heavy atom. The predicted molar refractivity (Wildman–Crippen MR) is 77.1 cm³/mol. The molecule has 0 N–H and O–H groups in total. The molecule has 0 bridgehead atoms. The fourth-order valence-electron chi connectivity index (χ4n) is 1.34. The molecule has 0 aromatic heterocycles. The van der Waals surface area contributed by atoms with Gasteiger partial charge in [0, 0.05) is 0 Å². The van der Waals surface area contributed by atoms with Gasteiger partial charge >= 0.3 is 22.4 Å². The molecule has 0 nitrogen and oxygen atoms in total. The summed E-state index contributed by atoms with van der Waals surface area (Å²) in [6.07, 6.45) is 8.51. The van der Waals surface area contributed by atoms with Crippen molar-refractivity contribution in [1.82, 2.24) is 0 Å². The van der Waals surface area contributed by atoms with Gasteiger partial charge in [-0.15, -0.1) is 15.8 Å². The first-order valence-electron chi connectivity index (χ1n) is 6.14. The fourth-order valence-corrected chi connectivity index (χ4v) is 4.02. The summed E-state index contributed by atoms with van der Waals surface area (Å²) >= 11 is 0. The molecular formula is C12H30AuP2+. The third kappa shape index (κ3) is 15.6. The summed E-state index contributed by atoms with van der Waals surface area (Å²) in [5.74, 6) is 0. The average Bonchev–Trinajstić information content (AvgIpc) is 2.24. The van der Waals surface area contributed by atoms with Crippen LogP contribution in [0.3, 0.4) is 0 Å².